The smallest absolute Gasteiger partial charge is 0.268 e. The number of nitrogens with zero attached hydrogens (tertiary/aromatic N) is 2. The number of benzene rings is 3. The third-order valence-electron chi connectivity index (χ3n) is 11.4. The molecule has 1 aliphatic rings. The molecule has 59 heavy (non-hydrogen) atoms. The number of likely N-dealkylation sites (N-methyl/N-ethyl adjacent to an activating group) is 1. The van der Waals surface area contributed by atoms with Crippen molar-refractivity contribution in [1.29, 1.82) is 0 Å². The van der Waals surface area contributed by atoms with Gasteiger partial charge in [-0.15, -0.1) is 0 Å². The molecular formula is C51H81N2O5P. The van der Waals surface area contributed by atoms with Crippen LogP contribution in [0.5, 0.6) is 5.75 Å². The molecule has 0 amide bonds. The Morgan fingerprint density at radius 1 is 0.644 bits per heavy atom. The molecule has 3 aromatic carbocycles. The Morgan fingerprint density at radius 2 is 1.10 bits per heavy atom. The quantitative estimate of drug-likeness (QED) is 0.0314. The summed E-state index contributed by atoms with van der Waals surface area (Å²) < 4.78 is 29.1. The SMILES string of the molecule is CC/C(=C(\c1ccccc1)c1ccc(OCCN(C)C)cc1)c1ccccc1.CCCCCCCCCCCCCCCCCCOP(=O)([O-])OC1CC[N+](C)(C)CC1. The molecule has 330 valence electrons. The molecule has 1 aliphatic heterocycles. The largest absolute Gasteiger partial charge is 0.756 e. The molecule has 1 atom stereocenters. The zero-order valence-corrected chi connectivity index (χ0v) is 38.9. The number of rotatable bonds is 28. The lowest BCUT2D eigenvalue weighted by molar-refractivity contribution is -0.896. The highest BCUT2D eigenvalue weighted by Gasteiger charge is 2.29. The van der Waals surface area contributed by atoms with E-state index in [1.165, 1.54) is 118 Å². The molecule has 0 radical (unpaired) electrons. The minimum Gasteiger partial charge on any atom is -0.756 e. The van der Waals surface area contributed by atoms with E-state index < -0.39 is 7.82 Å². The van der Waals surface area contributed by atoms with Gasteiger partial charge in [-0.05, 0) is 66.9 Å². The zero-order chi connectivity index (χ0) is 42.6. The number of hydrogen-bond acceptors (Lipinski definition) is 6. The summed E-state index contributed by atoms with van der Waals surface area (Å²) in [5.74, 6) is 0.913. The molecule has 0 spiro atoms. The number of quaternary nitrogens is 1. The highest BCUT2D eigenvalue weighted by atomic mass is 31.2. The molecule has 0 saturated carbocycles. The molecule has 1 saturated heterocycles. The summed E-state index contributed by atoms with van der Waals surface area (Å²) >= 11 is 0. The molecule has 1 fully saturated rings. The first kappa shape index (κ1) is 50.6. The van der Waals surface area contributed by atoms with Crippen molar-refractivity contribution in [3.8, 4) is 5.75 Å². The van der Waals surface area contributed by atoms with Gasteiger partial charge >= 0.3 is 0 Å². The van der Waals surface area contributed by atoms with Crippen molar-refractivity contribution >= 4 is 19.0 Å². The lowest BCUT2D eigenvalue weighted by Gasteiger charge is -2.38. The van der Waals surface area contributed by atoms with E-state index >= 15 is 0 Å². The molecule has 0 N–H and O–H groups in total. The third-order valence-corrected chi connectivity index (χ3v) is 12.5. The highest BCUT2D eigenvalue weighted by molar-refractivity contribution is 7.45. The van der Waals surface area contributed by atoms with Gasteiger partial charge in [-0.25, -0.2) is 0 Å². The van der Waals surface area contributed by atoms with Crippen molar-refractivity contribution in [2.75, 3.05) is 61.0 Å². The van der Waals surface area contributed by atoms with Gasteiger partial charge in [-0.3, -0.25) is 4.57 Å². The normalized spacial score (nSPS) is 15.6. The van der Waals surface area contributed by atoms with Crippen LogP contribution in [0.3, 0.4) is 0 Å². The van der Waals surface area contributed by atoms with Crippen LogP contribution in [-0.4, -0.2) is 76.5 Å². The van der Waals surface area contributed by atoms with E-state index in [0.717, 1.165) is 62.0 Å². The molecule has 1 heterocycles. The Labute approximate surface area is 360 Å². The average Bonchev–Trinajstić information content (AvgIpc) is 3.23. The van der Waals surface area contributed by atoms with Crippen molar-refractivity contribution in [1.82, 2.24) is 4.90 Å². The van der Waals surface area contributed by atoms with Gasteiger partial charge < -0.3 is 28.1 Å². The van der Waals surface area contributed by atoms with Crippen molar-refractivity contribution in [2.45, 2.75) is 142 Å². The van der Waals surface area contributed by atoms with Crippen LogP contribution < -0.4 is 9.63 Å². The predicted molar refractivity (Wildman–Crippen MR) is 249 cm³/mol. The van der Waals surface area contributed by atoms with E-state index in [0.29, 0.717) is 6.61 Å². The number of allylic oxidation sites excluding steroid dienone is 1. The number of likely N-dealkylation sites (tertiary alicyclic amines) is 1. The van der Waals surface area contributed by atoms with E-state index in [2.05, 4.69) is 132 Å². The fraction of sp³-hybridized carbons (Fsp3) is 0.608. The summed E-state index contributed by atoms with van der Waals surface area (Å²) in [4.78, 5) is 14.1. The lowest BCUT2D eigenvalue weighted by Crippen LogP contribution is -2.48. The van der Waals surface area contributed by atoms with Crippen LogP contribution in [0, 0.1) is 0 Å². The minimum atomic E-state index is -4.15. The van der Waals surface area contributed by atoms with E-state index in [9.17, 15) is 9.46 Å². The first-order valence-corrected chi connectivity index (χ1v) is 24.7. The topological polar surface area (TPSA) is 71.1 Å². The zero-order valence-electron chi connectivity index (χ0n) is 38.0. The molecule has 0 aromatic heterocycles. The number of ether oxygens (including phenoxy) is 1. The fourth-order valence-corrected chi connectivity index (χ4v) is 8.73. The van der Waals surface area contributed by atoms with Crippen molar-refractivity contribution in [3.05, 3.63) is 102 Å². The maximum atomic E-state index is 12.0. The van der Waals surface area contributed by atoms with Crippen LogP contribution in [0.25, 0.3) is 11.1 Å². The third kappa shape index (κ3) is 22.1. The van der Waals surface area contributed by atoms with Gasteiger partial charge in [0.25, 0.3) is 7.82 Å². The molecule has 1 unspecified atom stereocenters. The molecule has 3 aromatic rings. The van der Waals surface area contributed by atoms with Crippen LogP contribution >= 0.6 is 7.82 Å². The summed E-state index contributed by atoms with van der Waals surface area (Å²) in [6, 6.07) is 29.8. The van der Waals surface area contributed by atoms with Crippen molar-refractivity contribution < 1.29 is 27.7 Å². The number of piperidine rings is 1. The van der Waals surface area contributed by atoms with Crippen LogP contribution in [-0.2, 0) is 13.6 Å². The Bertz CT molecular complexity index is 1570. The molecule has 0 aliphatic carbocycles. The summed E-state index contributed by atoms with van der Waals surface area (Å²) in [6.07, 6.45) is 23.2. The second kappa shape index (κ2) is 29.5. The van der Waals surface area contributed by atoms with Gasteiger partial charge in [0.05, 0.1) is 39.9 Å². The summed E-state index contributed by atoms with van der Waals surface area (Å²) in [5, 5.41) is 0. The van der Waals surface area contributed by atoms with E-state index in [1.807, 2.05) is 0 Å². The maximum Gasteiger partial charge on any atom is 0.268 e. The molecule has 4 rings (SSSR count). The van der Waals surface area contributed by atoms with Crippen LogP contribution in [0.2, 0.25) is 0 Å². The van der Waals surface area contributed by atoms with Crippen LogP contribution in [0.15, 0.2) is 84.9 Å². The summed E-state index contributed by atoms with van der Waals surface area (Å²) in [7, 11) is 4.29. The Hall–Kier alpha value is -2.77. The first-order chi connectivity index (χ1) is 28.5. The first-order valence-electron chi connectivity index (χ1n) is 23.2. The van der Waals surface area contributed by atoms with E-state index in [1.54, 1.807) is 0 Å². The molecule has 8 heteroatoms. The average molecular weight is 833 g/mol. The molecular weight excluding hydrogens is 752 g/mol. The summed E-state index contributed by atoms with van der Waals surface area (Å²) in [6.45, 7) is 8.25. The van der Waals surface area contributed by atoms with E-state index in [-0.39, 0.29) is 12.7 Å². The minimum absolute atomic E-state index is 0.208. The summed E-state index contributed by atoms with van der Waals surface area (Å²) in [5.41, 5.74) is 6.37. The van der Waals surface area contributed by atoms with Crippen LogP contribution in [0.4, 0.5) is 0 Å². The monoisotopic (exact) mass is 833 g/mol. The van der Waals surface area contributed by atoms with E-state index in [4.69, 9.17) is 13.8 Å². The Morgan fingerprint density at radius 3 is 1.58 bits per heavy atom. The molecule has 0 bridgehead atoms. The van der Waals surface area contributed by atoms with Gasteiger partial charge in [0.2, 0.25) is 0 Å². The van der Waals surface area contributed by atoms with Gasteiger partial charge in [0.15, 0.2) is 0 Å². The van der Waals surface area contributed by atoms with Gasteiger partial charge in [-0.2, -0.15) is 0 Å². The standard InChI is InChI=1S/C26H29NO.C25H52NO4P/c1-4-25(21-11-7-5-8-12-21)26(22-13-9-6-10-14-22)23-15-17-24(18-16-23)28-20-19-27(2)3;1-4-5-6-7-8-9-10-11-12-13-14-15-16-17-18-19-24-29-31(27,28)30-25-20-22-26(2,3)23-21-25/h5-18H,4,19-20H2,1-3H3;25H,4-24H2,1-3H3/b26-25-;. The Kier molecular flexibility index (Phi) is 25.3. The molecule has 7 nitrogen and oxygen atoms in total. The van der Waals surface area contributed by atoms with Crippen molar-refractivity contribution in [3.63, 3.8) is 0 Å². The highest BCUT2D eigenvalue weighted by Crippen LogP contribution is 2.42. The number of phosphoric acid groups is 1. The maximum absolute atomic E-state index is 12.0. The number of unbranched alkanes of at least 4 members (excludes halogenated alkanes) is 15. The second-order valence-corrected chi connectivity index (χ2v) is 18.8. The Balaban J connectivity index is 0.000000316. The number of phosphoric ester groups is 1. The number of hydrogen-bond donors (Lipinski definition) is 0. The van der Waals surface area contributed by atoms with Crippen molar-refractivity contribution in [2.24, 2.45) is 0 Å². The van der Waals surface area contributed by atoms with Gasteiger partial charge in [0.1, 0.15) is 12.4 Å². The fourth-order valence-electron chi connectivity index (χ4n) is 7.74. The lowest BCUT2D eigenvalue weighted by atomic mass is 9.88. The van der Waals surface area contributed by atoms with Gasteiger partial charge in [-0.1, -0.05) is 183 Å². The van der Waals surface area contributed by atoms with Crippen LogP contribution in [0.1, 0.15) is 153 Å². The second-order valence-electron chi connectivity index (χ2n) is 17.4. The van der Waals surface area contributed by atoms with Gasteiger partial charge in [0, 0.05) is 19.4 Å². The predicted octanol–water partition coefficient (Wildman–Crippen LogP) is 13.0.